The zero-order valence-electron chi connectivity index (χ0n) is 20.5. The summed E-state index contributed by atoms with van der Waals surface area (Å²) in [4.78, 5) is 24.2. The predicted octanol–water partition coefficient (Wildman–Crippen LogP) is 6.19. The monoisotopic (exact) mass is 503 g/mol. The normalized spacial score (nSPS) is 11.3. The van der Waals surface area contributed by atoms with Crippen molar-refractivity contribution in [2.75, 3.05) is 11.9 Å². The lowest BCUT2D eigenvalue weighted by Crippen LogP contribution is -2.14. The van der Waals surface area contributed by atoms with Crippen molar-refractivity contribution in [1.82, 2.24) is 0 Å². The molecule has 0 saturated carbocycles. The molecule has 0 aliphatic heterocycles. The number of hydrogen-bond donors (Lipinski definition) is 2. The molecule has 192 valence electrons. The fraction of sp³-hybridized carbons (Fsp3) is 0.481. The van der Waals surface area contributed by atoms with Gasteiger partial charge in [-0.25, -0.2) is 4.79 Å². The number of carbonyl (C=O) groups is 2. The van der Waals surface area contributed by atoms with Gasteiger partial charge in [0.2, 0.25) is 5.91 Å². The number of hydrogen-bond acceptors (Lipinski definition) is 5. The minimum Gasteiger partial charge on any atom is -0.462 e. The van der Waals surface area contributed by atoms with E-state index in [4.69, 9.17) is 9.29 Å². The molecule has 2 aromatic carbocycles. The van der Waals surface area contributed by atoms with Crippen molar-refractivity contribution in [1.29, 1.82) is 0 Å². The van der Waals surface area contributed by atoms with Crippen molar-refractivity contribution in [2.45, 2.75) is 82.4 Å². The van der Waals surface area contributed by atoms with Crippen molar-refractivity contribution in [3.63, 3.8) is 0 Å². The molecule has 35 heavy (non-hydrogen) atoms. The van der Waals surface area contributed by atoms with E-state index in [0.29, 0.717) is 17.9 Å². The van der Waals surface area contributed by atoms with Crippen LogP contribution in [0.1, 0.15) is 87.1 Å². The maximum Gasteiger partial charge on any atom is 0.338 e. The first-order valence-corrected chi connectivity index (χ1v) is 13.9. The van der Waals surface area contributed by atoms with Gasteiger partial charge in [0.15, 0.2) is 0 Å². The number of unbranched alkanes of at least 4 members (excludes halogenated alkanes) is 9. The molecule has 0 bridgehead atoms. The smallest absolute Gasteiger partial charge is 0.338 e. The second-order valence-electron chi connectivity index (χ2n) is 8.74. The number of nitrogens with one attached hydrogen (secondary N) is 1. The summed E-state index contributed by atoms with van der Waals surface area (Å²) >= 11 is 0. The van der Waals surface area contributed by atoms with Gasteiger partial charge in [0, 0.05) is 5.69 Å². The van der Waals surface area contributed by atoms with Crippen molar-refractivity contribution in [3.8, 4) is 0 Å². The maximum absolute atomic E-state index is 12.2. The average Bonchev–Trinajstić information content (AvgIpc) is 2.82. The molecular formula is C27H37NO6S. The molecule has 2 rings (SSSR count). The molecule has 7 nitrogen and oxygen atoms in total. The number of carbonyl (C=O) groups excluding carboxylic acids is 2. The van der Waals surface area contributed by atoms with E-state index >= 15 is 0 Å². The molecule has 8 heteroatoms. The van der Waals surface area contributed by atoms with E-state index in [0.717, 1.165) is 18.4 Å². The summed E-state index contributed by atoms with van der Waals surface area (Å²) in [7, 11) is -4.27. The van der Waals surface area contributed by atoms with Gasteiger partial charge < -0.3 is 10.1 Å². The van der Waals surface area contributed by atoms with Gasteiger partial charge in [-0.3, -0.25) is 9.35 Å². The van der Waals surface area contributed by atoms with Crippen LogP contribution in [0.2, 0.25) is 0 Å². The summed E-state index contributed by atoms with van der Waals surface area (Å²) in [6.45, 7) is 2.64. The first kappa shape index (κ1) is 28.5. The highest BCUT2D eigenvalue weighted by molar-refractivity contribution is 7.85. The lowest BCUT2D eigenvalue weighted by Gasteiger charge is -2.08. The minimum absolute atomic E-state index is 0.0913. The van der Waals surface area contributed by atoms with E-state index in [9.17, 15) is 18.0 Å². The zero-order chi connectivity index (χ0) is 25.5. The number of esters is 1. The number of anilines is 1. The quantitative estimate of drug-likeness (QED) is 0.160. The van der Waals surface area contributed by atoms with Crippen LogP contribution in [0.25, 0.3) is 0 Å². The highest BCUT2D eigenvalue weighted by atomic mass is 32.2. The van der Waals surface area contributed by atoms with Gasteiger partial charge in [0.25, 0.3) is 10.1 Å². The van der Waals surface area contributed by atoms with Gasteiger partial charge in [-0.05, 0) is 48.4 Å². The fourth-order valence-electron chi connectivity index (χ4n) is 3.70. The summed E-state index contributed by atoms with van der Waals surface area (Å²) < 4.78 is 36.5. The summed E-state index contributed by atoms with van der Waals surface area (Å²) in [6, 6.07) is 11.9. The van der Waals surface area contributed by atoms with Crippen LogP contribution >= 0.6 is 0 Å². The molecule has 0 aliphatic carbocycles. The van der Waals surface area contributed by atoms with Crippen LogP contribution in [0.5, 0.6) is 0 Å². The molecule has 0 aliphatic rings. The van der Waals surface area contributed by atoms with Gasteiger partial charge in [0.1, 0.15) is 0 Å². The molecule has 0 atom stereocenters. The first-order chi connectivity index (χ1) is 16.8. The highest BCUT2D eigenvalue weighted by Gasteiger charge is 2.11. The van der Waals surface area contributed by atoms with E-state index in [1.54, 1.807) is 24.3 Å². The molecule has 2 N–H and O–H groups in total. The minimum atomic E-state index is -4.27. The summed E-state index contributed by atoms with van der Waals surface area (Å²) in [5, 5.41) is 2.66. The third-order valence-electron chi connectivity index (χ3n) is 5.72. The van der Waals surface area contributed by atoms with Crippen LogP contribution < -0.4 is 5.32 Å². The molecule has 0 radical (unpaired) electrons. The molecule has 0 aromatic heterocycles. The Labute approximate surface area is 209 Å². The van der Waals surface area contributed by atoms with Crippen LogP contribution in [0, 0.1) is 0 Å². The van der Waals surface area contributed by atoms with E-state index < -0.39 is 10.1 Å². The van der Waals surface area contributed by atoms with E-state index in [1.165, 1.54) is 75.6 Å². The molecule has 2 aromatic rings. The predicted molar refractivity (Wildman–Crippen MR) is 137 cm³/mol. The van der Waals surface area contributed by atoms with Gasteiger partial charge >= 0.3 is 5.97 Å². The zero-order valence-corrected chi connectivity index (χ0v) is 21.3. The van der Waals surface area contributed by atoms with Crippen LogP contribution in [0.3, 0.4) is 0 Å². The van der Waals surface area contributed by atoms with E-state index in [2.05, 4.69) is 12.2 Å². The van der Waals surface area contributed by atoms with Crippen molar-refractivity contribution in [2.24, 2.45) is 0 Å². The first-order valence-electron chi connectivity index (χ1n) is 12.4. The van der Waals surface area contributed by atoms with E-state index in [-0.39, 0.29) is 23.2 Å². The largest absolute Gasteiger partial charge is 0.462 e. The van der Waals surface area contributed by atoms with Gasteiger partial charge in [-0.1, -0.05) is 76.8 Å². The molecule has 0 fully saturated rings. The topological polar surface area (TPSA) is 110 Å². The number of ether oxygens (including phenoxy) is 1. The van der Waals surface area contributed by atoms with Gasteiger partial charge in [-0.2, -0.15) is 8.42 Å². The number of amides is 1. The summed E-state index contributed by atoms with van der Waals surface area (Å²) in [6.07, 6.45) is 12.3. The van der Waals surface area contributed by atoms with Gasteiger partial charge in [-0.15, -0.1) is 0 Å². The Morgan fingerprint density at radius 2 is 1.34 bits per heavy atom. The van der Waals surface area contributed by atoms with Crippen LogP contribution in [-0.4, -0.2) is 31.5 Å². The fourth-order valence-corrected chi connectivity index (χ4v) is 4.18. The Morgan fingerprint density at radius 1 is 0.800 bits per heavy atom. The lowest BCUT2D eigenvalue weighted by molar-refractivity contribution is -0.115. The third-order valence-corrected chi connectivity index (χ3v) is 6.59. The Bertz CT molecular complexity index is 1020. The Kier molecular flexibility index (Phi) is 12.5. The summed E-state index contributed by atoms with van der Waals surface area (Å²) in [5.41, 5.74) is 1.58. The average molecular weight is 504 g/mol. The third kappa shape index (κ3) is 11.5. The Morgan fingerprint density at radius 3 is 1.89 bits per heavy atom. The second-order valence-corrected chi connectivity index (χ2v) is 10.2. The van der Waals surface area contributed by atoms with E-state index in [1.807, 2.05) is 0 Å². The standard InChI is InChI=1S/C27H37NO6S/c1-2-3-4-5-6-7-8-9-10-11-20-34-27(30)23-14-12-22(13-15-23)21-26(29)28-24-16-18-25(19-17-24)35(31,32)33/h12-19H,2-11,20-21H2,1H3,(H,28,29)(H,31,32,33). The molecule has 0 unspecified atom stereocenters. The molecular weight excluding hydrogens is 466 g/mol. The SMILES string of the molecule is CCCCCCCCCCCCOC(=O)c1ccc(CC(=O)Nc2ccc(S(=O)(=O)O)cc2)cc1. The molecule has 0 spiro atoms. The lowest BCUT2D eigenvalue weighted by atomic mass is 10.1. The molecule has 1 amide bonds. The molecule has 0 saturated heterocycles. The van der Waals surface area contributed by atoms with Crippen molar-refractivity contribution >= 4 is 27.7 Å². The summed E-state index contributed by atoms with van der Waals surface area (Å²) in [5.74, 6) is -0.656. The second kappa shape index (κ2) is 15.3. The van der Waals surface area contributed by atoms with Crippen LogP contribution in [0.4, 0.5) is 5.69 Å². The maximum atomic E-state index is 12.2. The highest BCUT2D eigenvalue weighted by Crippen LogP contribution is 2.15. The number of rotatable bonds is 16. The number of benzene rings is 2. The van der Waals surface area contributed by atoms with Crippen molar-refractivity contribution in [3.05, 3.63) is 59.7 Å². The van der Waals surface area contributed by atoms with Crippen LogP contribution in [-0.2, 0) is 26.1 Å². The Hall–Kier alpha value is -2.71. The van der Waals surface area contributed by atoms with Crippen molar-refractivity contribution < 1.29 is 27.3 Å². The molecule has 0 heterocycles. The van der Waals surface area contributed by atoms with Gasteiger partial charge in [0.05, 0.1) is 23.5 Å². The van der Waals surface area contributed by atoms with Crippen LogP contribution in [0.15, 0.2) is 53.4 Å². The Balaban J connectivity index is 1.64.